The molecule has 3 aromatic rings. The summed E-state index contributed by atoms with van der Waals surface area (Å²) < 4.78 is 12.8. The number of hydrogen-bond acceptors (Lipinski definition) is 6. The lowest BCUT2D eigenvalue weighted by Crippen LogP contribution is -2.45. The van der Waals surface area contributed by atoms with Gasteiger partial charge in [0.15, 0.2) is 0 Å². The molecular weight excluding hydrogens is 346 g/mol. The maximum absolute atomic E-state index is 12.8. The van der Waals surface area contributed by atoms with Gasteiger partial charge in [0, 0.05) is 18.8 Å². The van der Waals surface area contributed by atoms with Crippen LogP contribution in [-0.2, 0) is 11.3 Å². The Labute approximate surface area is 156 Å². The average Bonchev–Trinajstić information content (AvgIpc) is 3.11. The van der Waals surface area contributed by atoms with Crippen LogP contribution in [0.5, 0.6) is 11.9 Å². The Bertz CT molecular complexity index is 942. The molecule has 4 rings (SSSR count). The molecule has 0 saturated carbocycles. The van der Waals surface area contributed by atoms with Crippen LogP contribution < -0.4 is 9.47 Å². The normalized spacial score (nSPS) is 17.1. The van der Waals surface area contributed by atoms with Crippen LogP contribution in [0.3, 0.4) is 0 Å². The summed E-state index contributed by atoms with van der Waals surface area (Å²) in [5.74, 6) is 0.522. The third-order valence-corrected chi connectivity index (χ3v) is 4.64. The molecule has 0 spiro atoms. The molecule has 8 heteroatoms. The minimum Gasteiger partial charge on any atom is -0.472 e. The summed E-state index contributed by atoms with van der Waals surface area (Å²) in [7, 11) is 1.51. The third-order valence-electron chi connectivity index (χ3n) is 4.64. The van der Waals surface area contributed by atoms with Crippen LogP contribution >= 0.6 is 0 Å². The second-order valence-corrected chi connectivity index (χ2v) is 6.46. The number of fused-ring (bicyclic) bond motifs is 1. The van der Waals surface area contributed by atoms with E-state index in [9.17, 15) is 4.79 Å². The van der Waals surface area contributed by atoms with Gasteiger partial charge in [-0.15, -0.1) is 0 Å². The van der Waals surface area contributed by atoms with Gasteiger partial charge < -0.3 is 18.9 Å². The van der Waals surface area contributed by atoms with Gasteiger partial charge in [-0.1, -0.05) is 12.1 Å². The monoisotopic (exact) mass is 367 g/mol. The van der Waals surface area contributed by atoms with Crippen molar-refractivity contribution < 1.29 is 14.3 Å². The molecule has 2 aromatic heterocycles. The molecular formula is C19H21N5O3. The Hall–Kier alpha value is -3.16. The molecule has 140 valence electrons. The van der Waals surface area contributed by atoms with Crippen LogP contribution in [-0.4, -0.2) is 56.6 Å². The molecule has 1 amide bonds. The molecule has 27 heavy (non-hydrogen) atoms. The first-order valence-electron chi connectivity index (χ1n) is 8.94. The number of nitrogens with zero attached hydrogens (tertiary/aromatic N) is 5. The third kappa shape index (κ3) is 3.84. The van der Waals surface area contributed by atoms with E-state index in [2.05, 4.69) is 15.0 Å². The molecule has 1 saturated heterocycles. The van der Waals surface area contributed by atoms with E-state index < -0.39 is 0 Å². The van der Waals surface area contributed by atoms with E-state index in [0.717, 1.165) is 30.4 Å². The van der Waals surface area contributed by atoms with E-state index in [0.29, 0.717) is 12.4 Å². The van der Waals surface area contributed by atoms with Crippen LogP contribution in [0.15, 0.2) is 42.9 Å². The van der Waals surface area contributed by atoms with Crippen LogP contribution in [0.4, 0.5) is 0 Å². The van der Waals surface area contributed by atoms with Crippen LogP contribution in [0.25, 0.3) is 11.0 Å². The summed E-state index contributed by atoms with van der Waals surface area (Å²) in [4.78, 5) is 27.1. The topological polar surface area (TPSA) is 82.4 Å². The smallest absolute Gasteiger partial charge is 0.319 e. The van der Waals surface area contributed by atoms with Crippen molar-refractivity contribution in [2.24, 2.45) is 0 Å². The summed E-state index contributed by atoms with van der Waals surface area (Å²) in [6, 6.07) is 9.77. The minimum absolute atomic E-state index is 0.0618. The number of para-hydroxylation sites is 2. The van der Waals surface area contributed by atoms with Crippen LogP contribution in [0.2, 0.25) is 0 Å². The Morgan fingerprint density at radius 3 is 3.04 bits per heavy atom. The SMILES string of the molecule is COc1nccc(OC2CCCN(C(=O)Cn3cnc4ccccc43)C2)n1. The van der Waals surface area contributed by atoms with Gasteiger partial charge in [0.1, 0.15) is 12.6 Å². The highest BCUT2D eigenvalue weighted by atomic mass is 16.5. The molecule has 1 aliphatic rings. The molecule has 3 heterocycles. The van der Waals surface area contributed by atoms with Crippen molar-refractivity contribution in [1.29, 1.82) is 0 Å². The van der Waals surface area contributed by atoms with Gasteiger partial charge in [-0.05, 0) is 25.0 Å². The van der Waals surface area contributed by atoms with Gasteiger partial charge in [-0.2, -0.15) is 4.98 Å². The van der Waals surface area contributed by atoms with Crippen molar-refractivity contribution in [1.82, 2.24) is 24.4 Å². The number of imidazole rings is 1. The van der Waals surface area contributed by atoms with Gasteiger partial charge in [-0.25, -0.2) is 9.97 Å². The number of likely N-dealkylation sites (tertiary alicyclic amines) is 1. The van der Waals surface area contributed by atoms with Crippen molar-refractivity contribution >= 4 is 16.9 Å². The lowest BCUT2D eigenvalue weighted by Gasteiger charge is -2.32. The van der Waals surface area contributed by atoms with E-state index >= 15 is 0 Å². The molecule has 0 aliphatic carbocycles. The minimum atomic E-state index is -0.0955. The predicted molar refractivity (Wildman–Crippen MR) is 98.5 cm³/mol. The van der Waals surface area contributed by atoms with E-state index in [-0.39, 0.29) is 24.6 Å². The largest absolute Gasteiger partial charge is 0.472 e. The van der Waals surface area contributed by atoms with Crippen LogP contribution in [0.1, 0.15) is 12.8 Å². The molecule has 0 N–H and O–H groups in total. The van der Waals surface area contributed by atoms with Crippen molar-refractivity contribution in [2.45, 2.75) is 25.5 Å². The highest BCUT2D eigenvalue weighted by Gasteiger charge is 2.25. The number of aromatic nitrogens is 4. The molecule has 1 aromatic carbocycles. The maximum atomic E-state index is 12.8. The summed E-state index contributed by atoms with van der Waals surface area (Å²) in [5, 5.41) is 0. The van der Waals surface area contributed by atoms with Gasteiger partial charge in [0.05, 0.1) is 31.0 Å². The standard InChI is InChI=1S/C19H21N5O3/c1-26-19-20-9-8-17(22-19)27-14-5-4-10-23(11-14)18(25)12-24-13-21-15-6-2-3-7-16(15)24/h2-3,6-9,13-14H,4-5,10-12H2,1H3. The fourth-order valence-electron chi connectivity index (χ4n) is 3.30. The molecule has 1 fully saturated rings. The van der Waals surface area contributed by atoms with Gasteiger partial charge >= 0.3 is 6.01 Å². The summed E-state index contributed by atoms with van der Waals surface area (Å²) in [5.41, 5.74) is 1.85. The fraction of sp³-hybridized carbons (Fsp3) is 0.368. The number of hydrogen-bond donors (Lipinski definition) is 0. The predicted octanol–water partition coefficient (Wildman–Crippen LogP) is 1.90. The van der Waals surface area contributed by atoms with Crippen molar-refractivity contribution in [3.05, 3.63) is 42.9 Å². The van der Waals surface area contributed by atoms with E-state index in [4.69, 9.17) is 9.47 Å². The van der Waals surface area contributed by atoms with Crippen molar-refractivity contribution in [2.75, 3.05) is 20.2 Å². The molecule has 8 nitrogen and oxygen atoms in total. The Morgan fingerprint density at radius 2 is 2.15 bits per heavy atom. The van der Waals surface area contributed by atoms with Crippen LogP contribution in [0, 0.1) is 0 Å². The number of carbonyl (C=O) groups excluding carboxylic acids is 1. The highest BCUT2D eigenvalue weighted by Crippen LogP contribution is 2.19. The number of piperidine rings is 1. The molecule has 1 unspecified atom stereocenters. The zero-order chi connectivity index (χ0) is 18.6. The number of carbonyl (C=O) groups is 1. The lowest BCUT2D eigenvalue weighted by atomic mass is 10.1. The van der Waals surface area contributed by atoms with E-state index in [1.54, 1.807) is 18.6 Å². The molecule has 1 atom stereocenters. The van der Waals surface area contributed by atoms with Gasteiger partial charge in [-0.3, -0.25) is 4.79 Å². The Morgan fingerprint density at radius 1 is 1.26 bits per heavy atom. The number of methoxy groups -OCH3 is 1. The number of rotatable bonds is 5. The quantitative estimate of drug-likeness (QED) is 0.685. The first-order chi connectivity index (χ1) is 13.2. The molecule has 1 aliphatic heterocycles. The number of amides is 1. The number of benzene rings is 1. The summed E-state index contributed by atoms with van der Waals surface area (Å²) >= 11 is 0. The summed E-state index contributed by atoms with van der Waals surface area (Å²) in [6.45, 7) is 1.55. The fourth-order valence-corrected chi connectivity index (χ4v) is 3.30. The van der Waals surface area contributed by atoms with Gasteiger partial charge in [0.2, 0.25) is 11.8 Å². The van der Waals surface area contributed by atoms with E-state index in [1.807, 2.05) is 33.7 Å². The first kappa shape index (κ1) is 17.3. The Balaban J connectivity index is 1.40. The van der Waals surface area contributed by atoms with Gasteiger partial charge in [0.25, 0.3) is 0 Å². The van der Waals surface area contributed by atoms with Crippen molar-refractivity contribution in [3.8, 4) is 11.9 Å². The molecule has 0 bridgehead atoms. The lowest BCUT2D eigenvalue weighted by molar-refractivity contribution is -0.134. The summed E-state index contributed by atoms with van der Waals surface area (Å²) in [6.07, 6.45) is 4.99. The number of ether oxygens (including phenoxy) is 2. The zero-order valence-electron chi connectivity index (χ0n) is 15.1. The molecule has 0 radical (unpaired) electrons. The second-order valence-electron chi connectivity index (χ2n) is 6.46. The zero-order valence-corrected chi connectivity index (χ0v) is 15.1. The van der Waals surface area contributed by atoms with Crippen molar-refractivity contribution in [3.63, 3.8) is 0 Å². The second kappa shape index (κ2) is 7.61. The average molecular weight is 367 g/mol. The highest BCUT2D eigenvalue weighted by molar-refractivity contribution is 5.80. The Kier molecular flexibility index (Phi) is 4.86. The van der Waals surface area contributed by atoms with E-state index in [1.165, 1.54) is 7.11 Å². The first-order valence-corrected chi connectivity index (χ1v) is 8.94. The maximum Gasteiger partial charge on any atom is 0.319 e.